The van der Waals surface area contributed by atoms with E-state index in [1.807, 2.05) is 0 Å². The molecule has 122 valence electrons. The van der Waals surface area contributed by atoms with Gasteiger partial charge in [-0.15, -0.1) is 24.8 Å². The second kappa shape index (κ2) is 12.7. The Hall–Kier alpha value is -0.0700. The van der Waals surface area contributed by atoms with Gasteiger partial charge in [0.25, 0.3) is 0 Å². The van der Waals surface area contributed by atoms with Crippen molar-refractivity contribution in [2.24, 2.45) is 0 Å². The summed E-state index contributed by atoms with van der Waals surface area (Å²) in [7, 11) is 0. The Balaban J connectivity index is 0. The maximum Gasteiger partial charge on any atom is 0.221 e. The molecule has 2 unspecified atom stereocenters. The molecule has 5 nitrogen and oxygen atoms in total. The molecule has 20 heavy (non-hydrogen) atoms. The van der Waals surface area contributed by atoms with Crippen molar-refractivity contribution in [3.8, 4) is 0 Å². The van der Waals surface area contributed by atoms with Gasteiger partial charge in [-0.2, -0.15) is 0 Å². The van der Waals surface area contributed by atoms with E-state index in [-0.39, 0.29) is 42.8 Å². The Morgan fingerprint density at radius 2 is 2.05 bits per heavy atom. The molecule has 1 saturated heterocycles. The molecule has 1 aliphatic heterocycles. The molecule has 1 fully saturated rings. The summed E-state index contributed by atoms with van der Waals surface area (Å²) >= 11 is 0. The molecule has 1 rings (SSSR count). The van der Waals surface area contributed by atoms with Crippen LogP contribution >= 0.6 is 24.8 Å². The van der Waals surface area contributed by atoms with E-state index in [4.69, 9.17) is 4.74 Å². The van der Waals surface area contributed by atoms with Crippen molar-refractivity contribution < 1.29 is 9.53 Å². The van der Waals surface area contributed by atoms with Crippen LogP contribution in [0.15, 0.2) is 0 Å². The fraction of sp³-hybridized carbons (Fsp3) is 0.923. The highest BCUT2D eigenvalue weighted by molar-refractivity contribution is 5.85. The third-order valence-electron chi connectivity index (χ3n) is 3.26. The Labute approximate surface area is 135 Å². The number of morpholine rings is 1. The van der Waals surface area contributed by atoms with Gasteiger partial charge < -0.3 is 20.3 Å². The fourth-order valence-corrected chi connectivity index (χ4v) is 2.22. The largest absolute Gasteiger partial charge is 0.378 e. The highest BCUT2D eigenvalue weighted by atomic mass is 35.5. The van der Waals surface area contributed by atoms with Gasteiger partial charge in [-0.25, -0.2) is 0 Å². The highest BCUT2D eigenvalue weighted by Gasteiger charge is 2.18. The summed E-state index contributed by atoms with van der Waals surface area (Å²) in [5, 5.41) is 6.34. The average molecular weight is 330 g/mol. The predicted molar refractivity (Wildman–Crippen MR) is 87.1 cm³/mol. The molecule has 0 spiro atoms. The Kier molecular flexibility index (Phi) is 14.1. The van der Waals surface area contributed by atoms with Crippen molar-refractivity contribution >= 4 is 30.7 Å². The molecule has 0 aromatic carbocycles. The van der Waals surface area contributed by atoms with Crippen molar-refractivity contribution in [1.29, 1.82) is 0 Å². The number of ether oxygens (including phenoxy) is 1. The number of hydrogen-bond donors (Lipinski definition) is 2. The van der Waals surface area contributed by atoms with Gasteiger partial charge in [0.05, 0.1) is 13.2 Å². The molecule has 2 atom stereocenters. The van der Waals surface area contributed by atoms with Crippen LogP contribution in [-0.4, -0.2) is 62.3 Å². The van der Waals surface area contributed by atoms with Crippen LogP contribution in [0.1, 0.15) is 27.2 Å². The van der Waals surface area contributed by atoms with Crippen LogP contribution in [0.25, 0.3) is 0 Å². The zero-order valence-corrected chi connectivity index (χ0v) is 14.3. The number of halogens is 2. The summed E-state index contributed by atoms with van der Waals surface area (Å²) in [6.07, 6.45) is 0.503. The van der Waals surface area contributed by atoms with Crippen molar-refractivity contribution in [1.82, 2.24) is 15.5 Å². The summed E-state index contributed by atoms with van der Waals surface area (Å²) in [6.45, 7) is 11.5. The van der Waals surface area contributed by atoms with Crippen LogP contribution in [0, 0.1) is 0 Å². The van der Waals surface area contributed by atoms with E-state index < -0.39 is 0 Å². The van der Waals surface area contributed by atoms with Gasteiger partial charge >= 0.3 is 0 Å². The van der Waals surface area contributed by atoms with E-state index in [2.05, 4.69) is 36.3 Å². The first-order valence-electron chi connectivity index (χ1n) is 6.98. The maximum absolute atomic E-state index is 11.9. The van der Waals surface area contributed by atoms with Gasteiger partial charge in [0.1, 0.15) is 0 Å². The molecule has 0 aromatic heterocycles. The SMILES string of the molecule is CCN(CC)CC(C)NC(=O)CC1COCCN1.Cl.Cl. The summed E-state index contributed by atoms with van der Waals surface area (Å²) in [5.41, 5.74) is 0. The number of nitrogens with zero attached hydrogens (tertiary/aromatic N) is 1. The lowest BCUT2D eigenvalue weighted by atomic mass is 10.2. The van der Waals surface area contributed by atoms with E-state index in [1.165, 1.54) is 0 Å². The number of nitrogens with one attached hydrogen (secondary N) is 2. The Bertz CT molecular complexity index is 248. The molecule has 1 heterocycles. The third-order valence-corrected chi connectivity index (χ3v) is 3.26. The molecule has 1 amide bonds. The van der Waals surface area contributed by atoms with Gasteiger partial charge in [-0.3, -0.25) is 4.79 Å². The van der Waals surface area contributed by atoms with Gasteiger partial charge in [0.15, 0.2) is 0 Å². The highest BCUT2D eigenvalue weighted by Crippen LogP contribution is 1.99. The third kappa shape index (κ3) is 8.97. The summed E-state index contributed by atoms with van der Waals surface area (Å²) in [4.78, 5) is 14.2. The second-order valence-electron chi connectivity index (χ2n) is 4.88. The standard InChI is InChI=1S/C13H27N3O2.2ClH/c1-4-16(5-2)9-11(3)15-13(17)8-12-10-18-7-6-14-12;;/h11-12,14H,4-10H2,1-3H3,(H,15,17);2*1H. The number of rotatable bonds is 7. The molecule has 2 N–H and O–H groups in total. The molecule has 7 heteroatoms. The molecule has 1 aliphatic rings. The van der Waals surface area contributed by atoms with Crippen molar-refractivity contribution in [3.05, 3.63) is 0 Å². The average Bonchev–Trinajstić information content (AvgIpc) is 2.36. The van der Waals surface area contributed by atoms with E-state index in [0.717, 1.165) is 32.8 Å². The molecule has 0 aromatic rings. The second-order valence-corrected chi connectivity index (χ2v) is 4.88. The summed E-state index contributed by atoms with van der Waals surface area (Å²) < 4.78 is 5.34. The van der Waals surface area contributed by atoms with E-state index in [9.17, 15) is 4.79 Å². The zero-order valence-electron chi connectivity index (χ0n) is 12.7. The number of carbonyl (C=O) groups is 1. The van der Waals surface area contributed by atoms with Crippen molar-refractivity contribution in [3.63, 3.8) is 0 Å². The minimum absolute atomic E-state index is 0. The van der Waals surface area contributed by atoms with Crippen LogP contribution < -0.4 is 10.6 Å². The van der Waals surface area contributed by atoms with E-state index in [0.29, 0.717) is 13.0 Å². The first kappa shape index (κ1) is 22.2. The van der Waals surface area contributed by atoms with Crippen LogP contribution in [0.2, 0.25) is 0 Å². The molecular formula is C13H29Cl2N3O2. The molecular weight excluding hydrogens is 301 g/mol. The van der Waals surface area contributed by atoms with Crippen LogP contribution in [-0.2, 0) is 9.53 Å². The lowest BCUT2D eigenvalue weighted by Gasteiger charge is -2.26. The quantitative estimate of drug-likeness (QED) is 0.733. The lowest BCUT2D eigenvalue weighted by Crippen LogP contribution is -2.47. The Morgan fingerprint density at radius 3 is 2.55 bits per heavy atom. The number of likely N-dealkylation sites (N-methyl/N-ethyl adjacent to an activating group) is 1. The van der Waals surface area contributed by atoms with Gasteiger partial charge in [-0.05, 0) is 20.0 Å². The predicted octanol–water partition coefficient (Wildman–Crippen LogP) is 1.05. The molecule has 0 bridgehead atoms. The fourth-order valence-electron chi connectivity index (χ4n) is 2.22. The maximum atomic E-state index is 11.9. The van der Waals surface area contributed by atoms with Gasteiger partial charge in [0.2, 0.25) is 5.91 Å². The monoisotopic (exact) mass is 329 g/mol. The Morgan fingerprint density at radius 1 is 1.40 bits per heavy atom. The normalized spacial score (nSPS) is 19.7. The number of hydrogen-bond acceptors (Lipinski definition) is 4. The minimum atomic E-state index is 0. The van der Waals surface area contributed by atoms with Crippen LogP contribution in [0.3, 0.4) is 0 Å². The number of carbonyl (C=O) groups excluding carboxylic acids is 1. The number of amides is 1. The van der Waals surface area contributed by atoms with Crippen molar-refractivity contribution in [2.45, 2.75) is 39.3 Å². The van der Waals surface area contributed by atoms with Crippen LogP contribution in [0.5, 0.6) is 0 Å². The summed E-state index contributed by atoms with van der Waals surface area (Å²) in [6, 6.07) is 0.362. The minimum Gasteiger partial charge on any atom is -0.378 e. The zero-order chi connectivity index (χ0) is 13.4. The van der Waals surface area contributed by atoms with Crippen LogP contribution in [0.4, 0.5) is 0 Å². The van der Waals surface area contributed by atoms with E-state index in [1.54, 1.807) is 0 Å². The first-order chi connectivity index (χ1) is 8.65. The molecule has 0 radical (unpaired) electrons. The molecule has 0 saturated carbocycles. The lowest BCUT2D eigenvalue weighted by molar-refractivity contribution is -0.123. The van der Waals surface area contributed by atoms with E-state index >= 15 is 0 Å². The molecule has 0 aliphatic carbocycles. The van der Waals surface area contributed by atoms with Gasteiger partial charge in [-0.1, -0.05) is 13.8 Å². The topological polar surface area (TPSA) is 53.6 Å². The van der Waals surface area contributed by atoms with Crippen molar-refractivity contribution in [2.75, 3.05) is 39.4 Å². The van der Waals surface area contributed by atoms with Gasteiger partial charge in [0, 0.05) is 31.6 Å². The smallest absolute Gasteiger partial charge is 0.221 e. The first-order valence-corrected chi connectivity index (χ1v) is 6.98. The summed E-state index contributed by atoms with van der Waals surface area (Å²) in [5.74, 6) is 0.109.